The summed E-state index contributed by atoms with van der Waals surface area (Å²) < 4.78 is 1.82. The number of fused-ring (bicyclic) bond motifs is 1. The number of aromatic nitrogens is 4. The number of rotatable bonds is 4. The van der Waals surface area contributed by atoms with Crippen molar-refractivity contribution in [2.24, 2.45) is 0 Å². The van der Waals surface area contributed by atoms with Crippen LogP contribution < -0.4 is 4.90 Å². The molecule has 1 aromatic carbocycles. The Labute approximate surface area is 193 Å². The summed E-state index contributed by atoms with van der Waals surface area (Å²) in [5.74, 6) is 1.91. The molecule has 2 aliphatic rings. The Morgan fingerprint density at radius 1 is 1.03 bits per heavy atom. The third-order valence-electron chi connectivity index (χ3n) is 6.73. The van der Waals surface area contributed by atoms with Gasteiger partial charge in [0.2, 0.25) is 11.9 Å². The van der Waals surface area contributed by atoms with E-state index in [0.717, 1.165) is 11.3 Å². The number of hydrogen-bond acceptors (Lipinski definition) is 5. The minimum Gasteiger partial charge on any atom is -0.338 e. The number of carbonyl (C=O) groups is 1. The van der Waals surface area contributed by atoms with Crippen LogP contribution in [0.2, 0.25) is 0 Å². The van der Waals surface area contributed by atoms with E-state index < -0.39 is 5.38 Å². The third-order valence-corrected chi connectivity index (χ3v) is 6.91. The van der Waals surface area contributed by atoms with Crippen LogP contribution in [0.1, 0.15) is 50.5 Å². The molecule has 1 aliphatic heterocycles. The van der Waals surface area contributed by atoms with Gasteiger partial charge in [-0.05, 0) is 37.3 Å². The number of amides is 1. The summed E-state index contributed by atoms with van der Waals surface area (Å²) in [6, 6.07) is 10.9. The minimum absolute atomic E-state index is 0.0186. The maximum Gasteiger partial charge on any atom is 0.254 e. The van der Waals surface area contributed by atoms with Crippen molar-refractivity contribution >= 4 is 29.2 Å². The maximum absolute atomic E-state index is 12.1. The van der Waals surface area contributed by atoms with Crippen molar-refractivity contribution in [1.29, 1.82) is 0 Å². The van der Waals surface area contributed by atoms with Gasteiger partial charge in [-0.3, -0.25) is 4.79 Å². The number of alkyl halides is 1. The monoisotopic (exact) mass is 452 g/mol. The van der Waals surface area contributed by atoms with Gasteiger partial charge in [-0.15, -0.1) is 16.7 Å². The van der Waals surface area contributed by atoms with E-state index in [4.69, 9.17) is 16.7 Å². The van der Waals surface area contributed by atoms with E-state index in [1.807, 2.05) is 15.5 Å². The number of hydrogen-bond donors (Lipinski definition) is 0. The molecule has 7 nitrogen and oxygen atoms in total. The zero-order valence-corrected chi connectivity index (χ0v) is 19.2. The summed E-state index contributed by atoms with van der Waals surface area (Å²) in [4.78, 5) is 25.1. The second kappa shape index (κ2) is 9.06. The minimum atomic E-state index is -0.494. The first-order valence-corrected chi connectivity index (χ1v) is 12.0. The van der Waals surface area contributed by atoms with Crippen LogP contribution in [-0.4, -0.2) is 61.9 Å². The molecule has 1 aliphatic carbocycles. The fraction of sp³-hybridized carbons (Fsp3) is 0.500. The van der Waals surface area contributed by atoms with Gasteiger partial charge >= 0.3 is 0 Å². The van der Waals surface area contributed by atoms with Gasteiger partial charge in [0.25, 0.3) is 5.78 Å². The Morgan fingerprint density at radius 2 is 1.75 bits per heavy atom. The van der Waals surface area contributed by atoms with Crippen molar-refractivity contribution in [3.8, 4) is 11.3 Å². The van der Waals surface area contributed by atoms with E-state index in [-0.39, 0.29) is 5.91 Å². The summed E-state index contributed by atoms with van der Waals surface area (Å²) in [5.41, 5.74) is 3.53. The zero-order chi connectivity index (χ0) is 22.1. The van der Waals surface area contributed by atoms with Crippen molar-refractivity contribution in [2.45, 2.75) is 50.3 Å². The lowest BCUT2D eigenvalue weighted by atomic mass is 9.84. The Bertz CT molecular complexity index is 1080. The second-order valence-electron chi connectivity index (χ2n) is 8.84. The lowest BCUT2D eigenvalue weighted by molar-refractivity contribution is -0.130. The molecule has 3 aromatic rings. The predicted octanol–water partition coefficient (Wildman–Crippen LogP) is 4.11. The SMILES string of the molecule is C[C@H](Cl)C(=O)N1CCN(c2nc3nccc(-c4ccc(C5CCCCC5)cc4)n3n2)CC1. The fourth-order valence-corrected chi connectivity index (χ4v) is 5.01. The summed E-state index contributed by atoms with van der Waals surface area (Å²) in [6.45, 7) is 4.31. The van der Waals surface area contributed by atoms with E-state index in [1.165, 1.54) is 37.7 Å². The molecule has 0 spiro atoms. The summed E-state index contributed by atoms with van der Waals surface area (Å²) in [5, 5.41) is 4.28. The zero-order valence-electron chi connectivity index (χ0n) is 18.5. The van der Waals surface area contributed by atoms with Gasteiger partial charge in [-0.2, -0.15) is 9.50 Å². The molecule has 0 unspecified atom stereocenters. The molecule has 168 valence electrons. The second-order valence-corrected chi connectivity index (χ2v) is 9.49. The number of carbonyl (C=O) groups excluding carboxylic acids is 1. The highest BCUT2D eigenvalue weighted by molar-refractivity contribution is 6.30. The highest BCUT2D eigenvalue weighted by atomic mass is 35.5. The van der Waals surface area contributed by atoms with Crippen molar-refractivity contribution < 1.29 is 4.79 Å². The molecule has 0 N–H and O–H groups in total. The molecule has 8 heteroatoms. The summed E-state index contributed by atoms with van der Waals surface area (Å²) in [6.07, 6.45) is 8.44. The molecule has 32 heavy (non-hydrogen) atoms. The van der Waals surface area contributed by atoms with Gasteiger partial charge in [-0.1, -0.05) is 43.5 Å². The van der Waals surface area contributed by atoms with Crippen molar-refractivity contribution in [3.05, 3.63) is 42.1 Å². The van der Waals surface area contributed by atoms with Crippen LogP contribution in [0.25, 0.3) is 17.0 Å². The van der Waals surface area contributed by atoms with Gasteiger partial charge in [0, 0.05) is 37.9 Å². The molecule has 3 heterocycles. The van der Waals surface area contributed by atoms with Gasteiger partial charge < -0.3 is 9.80 Å². The topological polar surface area (TPSA) is 66.6 Å². The lowest BCUT2D eigenvalue weighted by Gasteiger charge is -2.34. The van der Waals surface area contributed by atoms with Gasteiger partial charge in [0.05, 0.1) is 5.69 Å². The van der Waals surface area contributed by atoms with E-state index in [0.29, 0.717) is 43.8 Å². The van der Waals surface area contributed by atoms with E-state index >= 15 is 0 Å². The molecule has 1 atom stereocenters. The smallest absolute Gasteiger partial charge is 0.254 e. The average molecular weight is 453 g/mol. The molecule has 2 fully saturated rings. The molecular formula is C24H29ClN6O. The van der Waals surface area contributed by atoms with Crippen molar-refractivity contribution in [2.75, 3.05) is 31.1 Å². The van der Waals surface area contributed by atoms with Crippen LogP contribution in [0.3, 0.4) is 0 Å². The molecule has 0 radical (unpaired) electrons. The first-order valence-electron chi connectivity index (χ1n) is 11.6. The van der Waals surface area contributed by atoms with Crippen LogP contribution in [0.5, 0.6) is 0 Å². The van der Waals surface area contributed by atoms with Crippen LogP contribution >= 0.6 is 11.6 Å². The molecule has 2 aromatic heterocycles. The number of benzene rings is 1. The summed E-state index contributed by atoms with van der Waals surface area (Å²) in [7, 11) is 0. The van der Waals surface area contributed by atoms with Crippen molar-refractivity contribution in [3.63, 3.8) is 0 Å². The van der Waals surface area contributed by atoms with Gasteiger partial charge in [0.15, 0.2) is 0 Å². The van der Waals surface area contributed by atoms with Crippen LogP contribution in [0.15, 0.2) is 36.5 Å². The Kier molecular flexibility index (Phi) is 6.00. The molecule has 1 saturated carbocycles. The molecule has 1 amide bonds. The van der Waals surface area contributed by atoms with Crippen molar-refractivity contribution in [1.82, 2.24) is 24.5 Å². The Morgan fingerprint density at radius 3 is 2.44 bits per heavy atom. The molecule has 5 rings (SSSR count). The average Bonchev–Trinajstić information content (AvgIpc) is 3.29. The van der Waals surface area contributed by atoms with Crippen LogP contribution in [0.4, 0.5) is 5.95 Å². The predicted molar refractivity (Wildman–Crippen MR) is 126 cm³/mol. The van der Waals surface area contributed by atoms with Gasteiger partial charge in [-0.25, -0.2) is 4.98 Å². The lowest BCUT2D eigenvalue weighted by Crippen LogP contribution is -2.50. The number of halogens is 1. The maximum atomic E-state index is 12.1. The van der Waals surface area contributed by atoms with E-state index in [2.05, 4.69) is 39.1 Å². The highest BCUT2D eigenvalue weighted by Crippen LogP contribution is 2.33. The van der Waals surface area contributed by atoms with Gasteiger partial charge in [0.1, 0.15) is 5.38 Å². The third kappa shape index (κ3) is 4.18. The molecule has 0 bridgehead atoms. The summed E-state index contributed by atoms with van der Waals surface area (Å²) >= 11 is 5.96. The fourth-order valence-electron chi connectivity index (χ4n) is 4.88. The number of anilines is 1. The Hall–Kier alpha value is -2.67. The van der Waals surface area contributed by atoms with Crippen LogP contribution in [0, 0.1) is 0 Å². The number of nitrogens with zero attached hydrogens (tertiary/aromatic N) is 6. The largest absolute Gasteiger partial charge is 0.338 e. The normalized spacial score (nSPS) is 18.8. The standard InChI is InChI=1S/C24H29ClN6O/c1-17(25)22(32)29-13-15-30(16-14-29)24-27-23-26-12-11-21(31(23)28-24)20-9-7-19(8-10-20)18-5-3-2-4-6-18/h7-12,17-18H,2-6,13-16H2,1H3/t17-/m0/s1. The Balaban J connectivity index is 1.35. The first kappa shape index (κ1) is 21.2. The highest BCUT2D eigenvalue weighted by Gasteiger charge is 2.26. The molecular weight excluding hydrogens is 424 g/mol. The number of piperazine rings is 1. The van der Waals surface area contributed by atoms with Crippen LogP contribution in [-0.2, 0) is 4.79 Å². The quantitative estimate of drug-likeness (QED) is 0.557. The van der Waals surface area contributed by atoms with E-state index in [1.54, 1.807) is 13.1 Å². The van der Waals surface area contributed by atoms with E-state index in [9.17, 15) is 4.79 Å². The first-order chi connectivity index (χ1) is 15.6. The molecule has 1 saturated heterocycles.